The molecule has 0 aromatic heterocycles. The monoisotopic (exact) mass is 366 g/mol. The second-order valence-electron chi connectivity index (χ2n) is 5.91. The van der Waals surface area contributed by atoms with Gasteiger partial charge in [-0.05, 0) is 47.9 Å². The van der Waals surface area contributed by atoms with E-state index in [4.69, 9.17) is 4.74 Å². The van der Waals surface area contributed by atoms with Gasteiger partial charge >= 0.3 is 6.03 Å². The molecule has 1 saturated heterocycles. The SMILES string of the molecule is CCc1ccc(N2C(=O)NC(=O)/C(=C\c3ccc(OC)c(O)c3)C2=O)cc1. The zero-order valence-corrected chi connectivity index (χ0v) is 14.9. The molecule has 1 aliphatic rings. The lowest BCUT2D eigenvalue weighted by molar-refractivity contribution is -0.122. The maximum absolute atomic E-state index is 12.8. The topological polar surface area (TPSA) is 95.9 Å². The van der Waals surface area contributed by atoms with Crippen LogP contribution < -0.4 is 15.0 Å². The largest absolute Gasteiger partial charge is 0.504 e. The van der Waals surface area contributed by atoms with Crippen LogP contribution in [0, 0.1) is 0 Å². The summed E-state index contributed by atoms with van der Waals surface area (Å²) in [6.45, 7) is 2.00. The Labute approximate surface area is 155 Å². The minimum absolute atomic E-state index is 0.126. The third-order valence-electron chi connectivity index (χ3n) is 4.22. The van der Waals surface area contributed by atoms with Gasteiger partial charge in [-0.3, -0.25) is 14.9 Å². The number of urea groups is 1. The molecular formula is C20H18N2O5. The number of rotatable bonds is 4. The lowest BCUT2D eigenvalue weighted by Crippen LogP contribution is -2.54. The summed E-state index contributed by atoms with van der Waals surface area (Å²) < 4.78 is 4.97. The fourth-order valence-electron chi connectivity index (χ4n) is 2.74. The van der Waals surface area contributed by atoms with Gasteiger partial charge in [0.2, 0.25) is 0 Å². The fourth-order valence-corrected chi connectivity index (χ4v) is 2.74. The number of aryl methyl sites for hydroxylation is 1. The van der Waals surface area contributed by atoms with Gasteiger partial charge in [0.15, 0.2) is 11.5 Å². The molecule has 0 aliphatic carbocycles. The Morgan fingerprint density at radius 2 is 1.81 bits per heavy atom. The zero-order chi connectivity index (χ0) is 19.6. The van der Waals surface area contributed by atoms with Crippen LogP contribution in [-0.4, -0.2) is 30.1 Å². The van der Waals surface area contributed by atoms with Crippen molar-refractivity contribution < 1.29 is 24.2 Å². The predicted octanol–water partition coefficient (Wildman–Crippen LogP) is 2.63. The Bertz CT molecular complexity index is 947. The Morgan fingerprint density at radius 3 is 2.41 bits per heavy atom. The van der Waals surface area contributed by atoms with Crippen molar-refractivity contribution in [2.45, 2.75) is 13.3 Å². The highest BCUT2D eigenvalue weighted by atomic mass is 16.5. The van der Waals surface area contributed by atoms with E-state index in [1.54, 1.807) is 18.2 Å². The minimum Gasteiger partial charge on any atom is -0.504 e. The number of amides is 4. The number of hydrogen-bond acceptors (Lipinski definition) is 5. The number of barbiturate groups is 1. The Morgan fingerprint density at radius 1 is 1.11 bits per heavy atom. The number of nitrogens with one attached hydrogen (secondary N) is 1. The summed E-state index contributed by atoms with van der Waals surface area (Å²) in [5.74, 6) is -1.38. The lowest BCUT2D eigenvalue weighted by atomic mass is 10.1. The number of benzene rings is 2. The standard InChI is InChI=1S/C20H18N2O5/c1-3-12-4-7-14(8-5-12)22-19(25)15(18(24)21-20(22)26)10-13-6-9-17(27-2)16(23)11-13/h4-11,23H,3H2,1-2H3,(H,21,24,26)/b15-10+. The van der Waals surface area contributed by atoms with Crippen molar-refractivity contribution in [3.8, 4) is 11.5 Å². The maximum atomic E-state index is 12.8. The van der Waals surface area contributed by atoms with Crippen LogP contribution in [0.25, 0.3) is 6.08 Å². The number of imide groups is 2. The van der Waals surface area contributed by atoms with E-state index in [-0.39, 0.29) is 17.1 Å². The molecule has 7 nitrogen and oxygen atoms in total. The number of phenolic OH excluding ortho intramolecular Hbond substituents is 1. The summed E-state index contributed by atoms with van der Waals surface area (Å²) in [5.41, 5.74) is 1.64. The van der Waals surface area contributed by atoms with E-state index in [0.717, 1.165) is 16.9 Å². The van der Waals surface area contributed by atoms with Gasteiger partial charge < -0.3 is 9.84 Å². The molecule has 7 heteroatoms. The molecule has 3 rings (SSSR count). The van der Waals surface area contributed by atoms with Crippen molar-refractivity contribution in [1.29, 1.82) is 0 Å². The van der Waals surface area contributed by atoms with Gasteiger partial charge in [-0.15, -0.1) is 0 Å². The first-order valence-electron chi connectivity index (χ1n) is 8.32. The molecule has 0 bridgehead atoms. The molecule has 138 valence electrons. The highest BCUT2D eigenvalue weighted by Gasteiger charge is 2.36. The van der Waals surface area contributed by atoms with Crippen LogP contribution in [0.5, 0.6) is 11.5 Å². The number of carbonyl (C=O) groups excluding carboxylic acids is 3. The molecule has 0 unspecified atom stereocenters. The number of anilines is 1. The number of methoxy groups -OCH3 is 1. The number of ether oxygens (including phenoxy) is 1. The second kappa shape index (κ2) is 7.33. The minimum atomic E-state index is -0.802. The molecule has 0 spiro atoms. The Balaban J connectivity index is 1.97. The summed E-state index contributed by atoms with van der Waals surface area (Å²) in [4.78, 5) is 38.1. The highest BCUT2D eigenvalue weighted by molar-refractivity contribution is 6.39. The highest BCUT2D eigenvalue weighted by Crippen LogP contribution is 2.28. The summed E-state index contributed by atoms with van der Waals surface area (Å²) in [6.07, 6.45) is 2.14. The third kappa shape index (κ3) is 3.52. The summed E-state index contributed by atoms with van der Waals surface area (Å²) in [5, 5.41) is 12.0. The van der Waals surface area contributed by atoms with E-state index in [0.29, 0.717) is 11.3 Å². The van der Waals surface area contributed by atoms with Gasteiger partial charge in [0, 0.05) is 0 Å². The molecule has 1 fully saturated rings. The van der Waals surface area contributed by atoms with Crippen LogP contribution in [-0.2, 0) is 16.0 Å². The average Bonchev–Trinajstić information content (AvgIpc) is 2.65. The lowest BCUT2D eigenvalue weighted by Gasteiger charge is -2.26. The predicted molar refractivity (Wildman–Crippen MR) is 99.5 cm³/mol. The second-order valence-corrected chi connectivity index (χ2v) is 5.91. The zero-order valence-electron chi connectivity index (χ0n) is 14.9. The number of carbonyl (C=O) groups is 3. The van der Waals surface area contributed by atoms with Crippen molar-refractivity contribution >= 4 is 29.6 Å². The van der Waals surface area contributed by atoms with Gasteiger partial charge in [-0.2, -0.15) is 0 Å². The summed E-state index contributed by atoms with van der Waals surface area (Å²) in [7, 11) is 1.42. The smallest absolute Gasteiger partial charge is 0.335 e. The fraction of sp³-hybridized carbons (Fsp3) is 0.150. The van der Waals surface area contributed by atoms with Gasteiger partial charge in [0.1, 0.15) is 5.57 Å². The number of phenols is 1. The van der Waals surface area contributed by atoms with Gasteiger partial charge in [-0.1, -0.05) is 25.1 Å². The number of aromatic hydroxyl groups is 1. The van der Waals surface area contributed by atoms with Gasteiger partial charge in [-0.25, -0.2) is 9.69 Å². The quantitative estimate of drug-likeness (QED) is 0.641. The average molecular weight is 366 g/mol. The number of nitrogens with zero attached hydrogens (tertiary/aromatic N) is 1. The molecule has 2 aromatic carbocycles. The van der Waals surface area contributed by atoms with Gasteiger partial charge in [0.05, 0.1) is 12.8 Å². The molecule has 4 amide bonds. The molecule has 0 atom stereocenters. The Hall–Kier alpha value is -3.61. The van der Waals surface area contributed by atoms with Crippen molar-refractivity contribution in [2.24, 2.45) is 0 Å². The normalized spacial score (nSPS) is 15.9. The van der Waals surface area contributed by atoms with E-state index in [1.165, 1.54) is 25.3 Å². The molecule has 2 N–H and O–H groups in total. The Kier molecular flexibility index (Phi) is 4.94. The molecule has 0 radical (unpaired) electrons. The number of hydrogen-bond donors (Lipinski definition) is 2. The van der Waals surface area contributed by atoms with Gasteiger partial charge in [0.25, 0.3) is 11.8 Å². The first-order chi connectivity index (χ1) is 12.9. The van der Waals surface area contributed by atoms with Crippen molar-refractivity contribution in [3.63, 3.8) is 0 Å². The molecule has 2 aromatic rings. The van der Waals surface area contributed by atoms with E-state index in [1.807, 2.05) is 19.1 Å². The third-order valence-corrected chi connectivity index (χ3v) is 4.22. The van der Waals surface area contributed by atoms with E-state index >= 15 is 0 Å². The van der Waals surface area contributed by atoms with Crippen molar-refractivity contribution in [1.82, 2.24) is 5.32 Å². The van der Waals surface area contributed by atoms with E-state index in [9.17, 15) is 19.5 Å². The van der Waals surface area contributed by atoms with Crippen LogP contribution >= 0.6 is 0 Å². The molecule has 27 heavy (non-hydrogen) atoms. The maximum Gasteiger partial charge on any atom is 0.335 e. The van der Waals surface area contributed by atoms with E-state index < -0.39 is 17.8 Å². The van der Waals surface area contributed by atoms with Crippen LogP contribution in [0.4, 0.5) is 10.5 Å². The molecule has 1 heterocycles. The van der Waals surface area contributed by atoms with Crippen molar-refractivity contribution in [2.75, 3.05) is 12.0 Å². The summed E-state index contributed by atoms with van der Waals surface area (Å²) in [6, 6.07) is 10.6. The van der Waals surface area contributed by atoms with E-state index in [2.05, 4.69) is 5.32 Å². The van der Waals surface area contributed by atoms with Crippen LogP contribution in [0.15, 0.2) is 48.0 Å². The first-order valence-corrected chi connectivity index (χ1v) is 8.32. The van der Waals surface area contributed by atoms with Crippen LogP contribution in [0.2, 0.25) is 0 Å². The molecule has 1 aliphatic heterocycles. The molecule has 0 saturated carbocycles. The van der Waals surface area contributed by atoms with Crippen LogP contribution in [0.3, 0.4) is 0 Å². The van der Waals surface area contributed by atoms with Crippen molar-refractivity contribution in [3.05, 3.63) is 59.2 Å². The summed E-state index contributed by atoms with van der Waals surface area (Å²) >= 11 is 0. The molecular weight excluding hydrogens is 348 g/mol. The van der Waals surface area contributed by atoms with Crippen LogP contribution in [0.1, 0.15) is 18.1 Å². The first kappa shape index (κ1) is 18.2.